The minimum atomic E-state index is 0.523. The molecule has 0 saturated carbocycles. The van der Waals surface area contributed by atoms with E-state index in [2.05, 4.69) is 93.3 Å². The van der Waals surface area contributed by atoms with Crippen LogP contribution in [0.1, 0.15) is 34.1 Å². The van der Waals surface area contributed by atoms with Gasteiger partial charge in [-0.1, -0.05) is 36.4 Å². The molecule has 0 heterocycles. The molecule has 0 amide bonds. The summed E-state index contributed by atoms with van der Waals surface area (Å²) in [5.41, 5.74) is 0. The van der Waals surface area contributed by atoms with E-state index in [0.29, 0.717) is 16.7 Å². The standard InChI is InChI=1S/C21H29NS2/c1-17(2)22(18(3)4)16-15-21(23-19-11-7-5-8-12-19)24-20-13-9-6-10-14-20/h5-14,17-18,21H,15-16H2,1-4H3. The molecule has 0 atom stereocenters. The Kier molecular flexibility index (Phi) is 8.23. The van der Waals surface area contributed by atoms with E-state index in [1.54, 1.807) is 0 Å². The van der Waals surface area contributed by atoms with Gasteiger partial charge in [0.1, 0.15) is 0 Å². The molecule has 0 bridgehead atoms. The zero-order valence-corrected chi connectivity index (χ0v) is 16.8. The monoisotopic (exact) mass is 359 g/mol. The van der Waals surface area contributed by atoms with Gasteiger partial charge in [0, 0.05) is 28.4 Å². The summed E-state index contributed by atoms with van der Waals surface area (Å²) < 4.78 is 0.523. The smallest absolute Gasteiger partial charge is 0.0609 e. The summed E-state index contributed by atoms with van der Waals surface area (Å²) in [4.78, 5) is 5.29. The number of benzene rings is 2. The zero-order valence-electron chi connectivity index (χ0n) is 15.2. The average Bonchev–Trinajstić information content (AvgIpc) is 2.56. The predicted molar refractivity (Wildman–Crippen MR) is 110 cm³/mol. The van der Waals surface area contributed by atoms with Gasteiger partial charge in [0.05, 0.1) is 4.58 Å². The van der Waals surface area contributed by atoms with Crippen molar-refractivity contribution in [1.82, 2.24) is 4.90 Å². The van der Waals surface area contributed by atoms with Crippen LogP contribution < -0.4 is 0 Å². The highest BCUT2D eigenvalue weighted by Crippen LogP contribution is 2.37. The van der Waals surface area contributed by atoms with Crippen LogP contribution in [0.5, 0.6) is 0 Å². The molecule has 0 saturated heterocycles. The molecule has 0 aliphatic heterocycles. The van der Waals surface area contributed by atoms with Crippen LogP contribution in [0.3, 0.4) is 0 Å². The molecule has 1 nitrogen and oxygen atoms in total. The zero-order chi connectivity index (χ0) is 17.4. The maximum absolute atomic E-state index is 2.59. The van der Waals surface area contributed by atoms with Gasteiger partial charge in [-0.2, -0.15) is 0 Å². The Hall–Kier alpha value is -0.900. The molecule has 0 spiro atoms. The Labute approximate surface area is 156 Å². The van der Waals surface area contributed by atoms with E-state index in [9.17, 15) is 0 Å². The average molecular weight is 360 g/mol. The Morgan fingerprint density at radius 3 is 1.50 bits per heavy atom. The molecule has 2 aromatic carbocycles. The summed E-state index contributed by atoms with van der Waals surface area (Å²) in [7, 11) is 0. The van der Waals surface area contributed by atoms with Crippen LogP contribution in [-0.4, -0.2) is 28.1 Å². The highest BCUT2D eigenvalue weighted by Gasteiger charge is 2.18. The summed E-state index contributed by atoms with van der Waals surface area (Å²) in [6.45, 7) is 10.3. The lowest BCUT2D eigenvalue weighted by atomic mass is 10.2. The maximum atomic E-state index is 2.59. The molecule has 0 aliphatic rings. The van der Waals surface area contributed by atoms with Crippen LogP contribution in [0.2, 0.25) is 0 Å². The second-order valence-electron chi connectivity index (χ2n) is 6.51. The van der Waals surface area contributed by atoms with Gasteiger partial charge >= 0.3 is 0 Å². The lowest BCUT2D eigenvalue weighted by molar-refractivity contribution is 0.175. The second kappa shape index (κ2) is 10.2. The quantitative estimate of drug-likeness (QED) is 0.376. The first-order valence-corrected chi connectivity index (χ1v) is 10.5. The second-order valence-corrected chi connectivity index (χ2v) is 9.36. The molecule has 0 N–H and O–H groups in total. The van der Waals surface area contributed by atoms with Crippen molar-refractivity contribution in [2.45, 2.75) is 60.6 Å². The number of rotatable bonds is 9. The molecule has 0 fully saturated rings. The molecule has 24 heavy (non-hydrogen) atoms. The Bertz CT molecular complexity index is 519. The van der Waals surface area contributed by atoms with Crippen molar-refractivity contribution in [3.63, 3.8) is 0 Å². The van der Waals surface area contributed by atoms with Crippen molar-refractivity contribution in [3.05, 3.63) is 60.7 Å². The van der Waals surface area contributed by atoms with Crippen molar-refractivity contribution in [2.24, 2.45) is 0 Å². The highest BCUT2D eigenvalue weighted by atomic mass is 32.2. The fourth-order valence-corrected chi connectivity index (χ4v) is 5.35. The van der Waals surface area contributed by atoms with E-state index in [0.717, 1.165) is 6.54 Å². The number of thioether (sulfide) groups is 2. The third kappa shape index (κ3) is 6.54. The largest absolute Gasteiger partial charge is 0.298 e. The first-order valence-electron chi connectivity index (χ1n) is 8.75. The molecule has 0 radical (unpaired) electrons. The van der Waals surface area contributed by atoms with Gasteiger partial charge in [0.2, 0.25) is 0 Å². The van der Waals surface area contributed by atoms with Gasteiger partial charge in [-0.05, 0) is 58.4 Å². The van der Waals surface area contributed by atoms with Crippen LogP contribution in [0, 0.1) is 0 Å². The summed E-state index contributed by atoms with van der Waals surface area (Å²) in [6.07, 6.45) is 1.18. The Morgan fingerprint density at radius 1 is 0.708 bits per heavy atom. The molecule has 2 rings (SSSR count). The number of hydrogen-bond donors (Lipinski definition) is 0. The van der Waals surface area contributed by atoms with Crippen LogP contribution in [0.4, 0.5) is 0 Å². The van der Waals surface area contributed by atoms with Gasteiger partial charge in [-0.3, -0.25) is 4.90 Å². The lowest BCUT2D eigenvalue weighted by Gasteiger charge is -2.31. The molecule has 3 heteroatoms. The van der Waals surface area contributed by atoms with Gasteiger partial charge in [-0.25, -0.2) is 0 Å². The molecular formula is C21H29NS2. The van der Waals surface area contributed by atoms with E-state index in [1.165, 1.54) is 16.2 Å². The molecule has 0 aliphatic carbocycles. The van der Waals surface area contributed by atoms with E-state index in [-0.39, 0.29) is 0 Å². The maximum Gasteiger partial charge on any atom is 0.0609 e. The van der Waals surface area contributed by atoms with E-state index >= 15 is 0 Å². The van der Waals surface area contributed by atoms with E-state index < -0.39 is 0 Å². The Balaban J connectivity index is 2.04. The minimum absolute atomic E-state index is 0.523. The summed E-state index contributed by atoms with van der Waals surface area (Å²) in [5.74, 6) is 0. The van der Waals surface area contributed by atoms with E-state index in [1.807, 2.05) is 23.5 Å². The number of nitrogens with zero attached hydrogens (tertiary/aromatic N) is 1. The van der Waals surface area contributed by atoms with Crippen molar-refractivity contribution in [3.8, 4) is 0 Å². The van der Waals surface area contributed by atoms with Crippen LogP contribution in [0.15, 0.2) is 70.5 Å². The van der Waals surface area contributed by atoms with Crippen LogP contribution >= 0.6 is 23.5 Å². The van der Waals surface area contributed by atoms with Gasteiger partial charge in [0.25, 0.3) is 0 Å². The van der Waals surface area contributed by atoms with Gasteiger partial charge in [0.15, 0.2) is 0 Å². The number of hydrogen-bond acceptors (Lipinski definition) is 3. The fraction of sp³-hybridized carbons (Fsp3) is 0.429. The van der Waals surface area contributed by atoms with Crippen molar-refractivity contribution < 1.29 is 0 Å². The summed E-state index contributed by atoms with van der Waals surface area (Å²) in [5, 5.41) is 0. The molecule has 2 aromatic rings. The Morgan fingerprint density at radius 2 is 1.12 bits per heavy atom. The lowest BCUT2D eigenvalue weighted by Crippen LogP contribution is -2.38. The van der Waals surface area contributed by atoms with Crippen molar-refractivity contribution >= 4 is 23.5 Å². The van der Waals surface area contributed by atoms with Gasteiger partial charge in [-0.15, -0.1) is 23.5 Å². The first-order chi connectivity index (χ1) is 11.6. The SMILES string of the molecule is CC(C)N(CCC(Sc1ccccc1)Sc1ccccc1)C(C)C. The normalized spacial score (nSPS) is 11.8. The molecule has 0 aromatic heterocycles. The molecule has 0 unspecified atom stereocenters. The first kappa shape index (κ1) is 19.4. The van der Waals surface area contributed by atoms with E-state index in [4.69, 9.17) is 0 Å². The third-order valence-corrected chi connectivity index (χ3v) is 6.63. The molecular weight excluding hydrogens is 330 g/mol. The summed E-state index contributed by atoms with van der Waals surface area (Å²) in [6, 6.07) is 22.7. The van der Waals surface area contributed by atoms with Crippen molar-refractivity contribution in [1.29, 1.82) is 0 Å². The fourth-order valence-electron chi connectivity index (χ4n) is 2.81. The summed E-state index contributed by atoms with van der Waals surface area (Å²) >= 11 is 3.97. The third-order valence-electron chi connectivity index (χ3n) is 3.97. The van der Waals surface area contributed by atoms with Gasteiger partial charge < -0.3 is 0 Å². The topological polar surface area (TPSA) is 3.24 Å². The highest BCUT2D eigenvalue weighted by molar-refractivity contribution is 8.17. The van der Waals surface area contributed by atoms with Crippen LogP contribution in [-0.2, 0) is 0 Å². The minimum Gasteiger partial charge on any atom is -0.298 e. The van der Waals surface area contributed by atoms with Crippen LogP contribution in [0.25, 0.3) is 0 Å². The predicted octanol–water partition coefficient (Wildman–Crippen LogP) is 6.41. The van der Waals surface area contributed by atoms with Crippen molar-refractivity contribution in [2.75, 3.05) is 6.54 Å². The molecule has 130 valence electrons.